The lowest BCUT2D eigenvalue weighted by molar-refractivity contribution is -0.115. The fourth-order valence-corrected chi connectivity index (χ4v) is 4.94. The van der Waals surface area contributed by atoms with Crippen LogP contribution in [0.2, 0.25) is 5.02 Å². The molecule has 214 valence electrons. The van der Waals surface area contributed by atoms with Crippen LogP contribution in [-0.2, 0) is 9.59 Å². The molecule has 0 bridgehead atoms. The van der Waals surface area contributed by atoms with Crippen molar-refractivity contribution in [3.63, 3.8) is 0 Å². The van der Waals surface area contributed by atoms with Gasteiger partial charge in [0.05, 0.1) is 17.4 Å². The Bertz CT molecular complexity index is 1610. The Balaban J connectivity index is 1.46. The zero-order chi connectivity index (χ0) is 30.1. The number of rotatable bonds is 10. The van der Waals surface area contributed by atoms with E-state index < -0.39 is 22.9 Å². The van der Waals surface area contributed by atoms with Crippen LogP contribution in [-0.4, -0.2) is 30.1 Å². The summed E-state index contributed by atoms with van der Waals surface area (Å²) in [5.74, 6) is -1.19. The van der Waals surface area contributed by atoms with Crippen LogP contribution in [0.3, 0.4) is 0 Å². The molecule has 4 aromatic carbocycles. The highest BCUT2D eigenvalue weighted by Crippen LogP contribution is 2.29. The lowest BCUT2D eigenvalue weighted by atomic mass is 10.1. The lowest BCUT2D eigenvalue weighted by Gasteiger charge is -2.14. The van der Waals surface area contributed by atoms with Crippen molar-refractivity contribution < 1.29 is 23.5 Å². The zero-order valence-corrected chi connectivity index (χ0v) is 24.3. The van der Waals surface area contributed by atoms with E-state index in [0.29, 0.717) is 33.3 Å². The van der Waals surface area contributed by atoms with E-state index in [9.17, 15) is 18.8 Å². The Hall–Kier alpha value is -4.60. The topological polar surface area (TPSA) is 96.5 Å². The first-order valence-corrected chi connectivity index (χ1v) is 14.0. The summed E-state index contributed by atoms with van der Waals surface area (Å²) in [5.41, 5.74) is 1.87. The number of amides is 3. The number of methoxy groups -OCH3 is 1. The highest BCUT2D eigenvalue weighted by molar-refractivity contribution is 8.00. The zero-order valence-electron chi connectivity index (χ0n) is 22.7. The van der Waals surface area contributed by atoms with Gasteiger partial charge in [-0.15, -0.1) is 11.8 Å². The molecule has 1 atom stereocenters. The van der Waals surface area contributed by atoms with Gasteiger partial charge < -0.3 is 20.7 Å². The second-order valence-corrected chi connectivity index (χ2v) is 10.8. The number of anilines is 2. The van der Waals surface area contributed by atoms with Gasteiger partial charge in [-0.05, 0) is 79.2 Å². The Labute approximate surface area is 252 Å². The number of carbonyl (C=O) groups excluding carboxylic acids is 3. The quantitative estimate of drug-likeness (QED) is 0.134. The number of benzene rings is 4. The van der Waals surface area contributed by atoms with Crippen LogP contribution in [0.1, 0.15) is 22.8 Å². The summed E-state index contributed by atoms with van der Waals surface area (Å²) in [6.45, 7) is 1.76. The molecule has 3 amide bonds. The number of nitrogens with one attached hydrogen (secondary N) is 3. The van der Waals surface area contributed by atoms with Crippen molar-refractivity contribution in [2.24, 2.45) is 0 Å². The minimum atomic E-state index is -0.576. The number of hydrogen-bond acceptors (Lipinski definition) is 5. The van der Waals surface area contributed by atoms with E-state index in [4.69, 9.17) is 16.3 Å². The second-order valence-electron chi connectivity index (χ2n) is 9.01. The molecule has 4 rings (SSSR count). The molecule has 42 heavy (non-hydrogen) atoms. The van der Waals surface area contributed by atoms with E-state index in [-0.39, 0.29) is 11.6 Å². The van der Waals surface area contributed by atoms with Crippen LogP contribution in [0.25, 0.3) is 6.08 Å². The molecule has 0 heterocycles. The molecule has 0 radical (unpaired) electrons. The van der Waals surface area contributed by atoms with Crippen molar-refractivity contribution in [1.29, 1.82) is 0 Å². The van der Waals surface area contributed by atoms with Gasteiger partial charge in [0, 0.05) is 21.8 Å². The highest BCUT2D eigenvalue weighted by atomic mass is 35.5. The van der Waals surface area contributed by atoms with Gasteiger partial charge in [-0.3, -0.25) is 14.4 Å². The first-order valence-electron chi connectivity index (χ1n) is 12.8. The first-order chi connectivity index (χ1) is 20.2. The largest absolute Gasteiger partial charge is 0.495 e. The minimum Gasteiger partial charge on any atom is -0.495 e. The SMILES string of the molecule is COc1ccc(NC(=O)C(C)Sc2cccc(NC(=O)/C(=C/c3ccc(F)cc3)NC(=O)c3ccccc3)c2)cc1Cl. The van der Waals surface area contributed by atoms with Gasteiger partial charge in [0.2, 0.25) is 5.91 Å². The molecule has 0 aliphatic rings. The second kappa shape index (κ2) is 14.3. The molecule has 0 saturated heterocycles. The summed E-state index contributed by atoms with van der Waals surface area (Å²) in [7, 11) is 1.51. The summed E-state index contributed by atoms with van der Waals surface area (Å²) in [4.78, 5) is 39.7. The Morgan fingerprint density at radius 1 is 0.881 bits per heavy atom. The van der Waals surface area contributed by atoms with Gasteiger partial charge >= 0.3 is 0 Å². The molecule has 0 saturated carbocycles. The van der Waals surface area contributed by atoms with Crippen LogP contribution in [0.4, 0.5) is 15.8 Å². The molecule has 10 heteroatoms. The number of carbonyl (C=O) groups is 3. The summed E-state index contributed by atoms with van der Waals surface area (Å²) in [6.07, 6.45) is 1.46. The minimum absolute atomic E-state index is 0.0283. The van der Waals surface area contributed by atoms with Crippen LogP contribution in [0.5, 0.6) is 5.75 Å². The lowest BCUT2D eigenvalue weighted by Crippen LogP contribution is -2.30. The van der Waals surface area contributed by atoms with Gasteiger partial charge in [-0.1, -0.05) is 48.0 Å². The van der Waals surface area contributed by atoms with E-state index in [1.54, 1.807) is 73.7 Å². The van der Waals surface area contributed by atoms with E-state index >= 15 is 0 Å². The van der Waals surface area contributed by atoms with Crippen LogP contribution >= 0.6 is 23.4 Å². The van der Waals surface area contributed by atoms with Gasteiger partial charge in [0.25, 0.3) is 11.8 Å². The molecule has 0 spiro atoms. The van der Waals surface area contributed by atoms with Gasteiger partial charge in [0.1, 0.15) is 17.3 Å². The molecular formula is C32H27ClFN3O4S. The fourth-order valence-electron chi connectivity index (χ4n) is 3.76. The maximum Gasteiger partial charge on any atom is 0.272 e. The molecule has 0 aliphatic heterocycles. The smallest absolute Gasteiger partial charge is 0.272 e. The van der Waals surface area contributed by atoms with Crippen LogP contribution in [0.15, 0.2) is 108 Å². The van der Waals surface area contributed by atoms with Crippen molar-refractivity contribution >= 4 is 58.5 Å². The molecule has 7 nitrogen and oxygen atoms in total. The highest BCUT2D eigenvalue weighted by Gasteiger charge is 2.18. The number of thioether (sulfide) groups is 1. The van der Waals surface area contributed by atoms with Crippen molar-refractivity contribution in [3.8, 4) is 5.75 Å². The predicted octanol–water partition coefficient (Wildman–Crippen LogP) is 7.02. The monoisotopic (exact) mass is 603 g/mol. The van der Waals surface area contributed by atoms with E-state index in [2.05, 4.69) is 16.0 Å². The van der Waals surface area contributed by atoms with Gasteiger partial charge in [-0.25, -0.2) is 4.39 Å². The summed E-state index contributed by atoms with van der Waals surface area (Å²) >= 11 is 7.46. The number of halogens is 2. The molecule has 0 fully saturated rings. The predicted molar refractivity (Wildman–Crippen MR) is 165 cm³/mol. The van der Waals surface area contributed by atoms with Crippen molar-refractivity contribution in [2.45, 2.75) is 17.1 Å². The third-order valence-corrected chi connectivity index (χ3v) is 7.29. The molecular weight excluding hydrogens is 577 g/mol. The van der Waals surface area contributed by atoms with E-state index in [1.807, 2.05) is 6.07 Å². The van der Waals surface area contributed by atoms with E-state index in [1.165, 1.54) is 49.2 Å². The van der Waals surface area contributed by atoms with Gasteiger partial charge in [0.15, 0.2) is 0 Å². The Morgan fingerprint density at radius 2 is 1.60 bits per heavy atom. The number of hydrogen-bond donors (Lipinski definition) is 3. The average molecular weight is 604 g/mol. The maximum absolute atomic E-state index is 13.4. The maximum atomic E-state index is 13.4. The summed E-state index contributed by atoms with van der Waals surface area (Å²) in [5, 5.41) is 8.19. The van der Waals surface area contributed by atoms with Crippen LogP contribution < -0.4 is 20.7 Å². The molecule has 1 unspecified atom stereocenters. The summed E-state index contributed by atoms with van der Waals surface area (Å²) in [6, 6.07) is 26.0. The van der Waals surface area contributed by atoms with Crippen LogP contribution in [0, 0.1) is 5.82 Å². The van der Waals surface area contributed by atoms with Crippen molar-refractivity contribution in [3.05, 3.63) is 125 Å². The standard InChI is InChI=1S/C32H27ClFN3O4S/c1-20(30(38)35-25-15-16-29(41-2)27(33)19-25)42-26-10-6-9-24(18-26)36-32(40)28(17-21-11-13-23(34)14-12-21)37-31(39)22-7-4-3-5-8-22/h3-20H,1-2H3,(H,35,38)(H,36,40)(H,37,39)/b28-17-. The van der Waals surface area contributed by atoms with Crippen molar-refractivity contribution in [1.82, 2.24) is 5.32 Å². The normalized spacial score (nSPS) is 11.8. The molecule has 4 aromatic rings. The number of ether oxygens (including phenoxy) is 1. The molecule has 0 aliphatic carbocycles. The van der Waals surface area contributed by atoms with E-state index in [0.717, 1.165) is 4.90 Å². The molecule has 0 aromatic heterocycles. The third-order valence-electron chi connectivity index (χ3n) is 5.90. The summed E-state index contributed by atoms with van der Waals surface area (Å²) < 4.78 is 18.6. The first kappa shape index (κ1) is 30.4. The Kier molecular flexibility index (Phi) is 10.4. The fraction of sp³-hybridized carbons (Fsp3) is 0.0938. The van der Waals surface area contributed by atoms with Gasteiger partial charge in [-0.2, -0.15) is 0 Å². The van der Waals surface area contributed by atoms with Crippen molar-refractivity contribution in [2.75, 3.05) is 17.7 Å². The Morgan fingerprint density at radius 3 is 2.29 bits per heavy atom. The molecule has 3 N–H and O–H groups in total. The average Bonchev–Trinajstić information content (AvgIpc) is 2.98. The third kappa shape index (κ3) is 8.45.